The highest BCUT2D eigenvalue weighted by atomic mass is 32.1. The molecule has 7 heteroatoms. The smallest absolute Gasteiger partial charge is 0.261 e. The third-order valence-corrected chi connectivity index (χ3v) is 6.36. The highest BCUT2D eigenvalue weighted by molar-refractivity contribution is 7.21. The zero-order chi connectivity index (χ0) is 21.4. The molecule has 1 amide bonds. The maximum atomic E-state index is 12.8. The van der Waals surface area contributed by atoms with Crippen LogP contribution in [-0.4, -0.2) is 20.9 Å². The van der Waals surface area contributed by atoms with Gasteiger partial charge in [0, 0.05) is 40.9 Å². The number of H-pyrrole nitrogens is 1. The molecular weight excluding hydrogens is 406 g/mol. The predicted molar refractivity (Wildman–Crippen MR) is 126 cm³/mol. The molecule has 1 unspecified atom stereocenters. The minimum atomic E-state index is -0.131. The number of carbonyl (C=O) groups excluding carboxylic acids is 1. The quantitative estimate of drug-likeness (QED) is 0.335. The Balaban J connectivity index is 1.41. The molecule has 3 N–H and O–H groups in total. The molecule has 0 saturated carbocycles. The number of aromatic amines is 1. The maximum Gasteiger partial charge on any atom is 0.261 e. The van der Waals surface area contributed by atoms with Crippen LogP contribution < -0.4 is 10.6 Å². The van der Waals surface area contributed by atoms with Crippen LogP contribution in [0.5, 0.6) is 0 Å². The van der Waals surface area contributed by atoms with E-state index in [9.17, 15) is 4.79 Å². The van der Waals surface area contributed by atoms with E-state index in [1.54, 1.807) is 18.6 Å². The van der Waals surface area contributed by atoms with Gasteiger partial charge in [-0.05, 0) is 61.9 Å². The lowest BCUT2D eigenvalue weighted by Crippen LogP contribution is -2.25. The van der Waals surface area contributed by atoms with E-state index in [0.717, 1.165) is 43.8 Å². The number of aromatic nitrogens is 3. The monoisotopic (exact) mass is 427 g/mol. The number of benzene rings is 1. The first-order valence-corrected chi connectivity index (χ1v) is 10.8. The van der Waals surface area contributed by atoms with E-state index in [0.29, 0.717) is 4.88 Å². The summed E-state index contributed by atoms with van der Waals surface area (Å²) in [4.78, 5) is 25.4. The standard InChI is InChI=1S/C24H21N5OS/c1-14-10-17-11-18(5-6-19(17)27-14)29-20-7-9-26-21-12-22(31-23(20)21)24(30)28-15(2)16-4-3-8-25-13-16/h3-13,15,27H,1-2H3,(H,26,29)(H,28,30). The van der Waals surface area contributed by atoms with Crippen molar-refractivity contribution >= 4 is 49.7 Å². The van der Waals surface area contributed by atoms with E-state index in [1.165, 1.54) is 11.3 Å². The fourth-order valence-electron chi connectivity index (χ4n) is 3.64. The predicted octanol–water partition coefficient (Wildman–Crippen LogP) is 5.72. The molecule has 0 aliphatic carbocycles. The first-order valence-electron chi connectivity index (χ1n) is 10.0. The third kappa shape index (κ3) is 3.87. The summed E-state index contributed by atoms with van der Waals surface area (Å²) >= 11 is 1.44. The molecule has 0 spiro atoms. The Morgan fingerprint density at radius 2 is 2.03 bits per heavy atom. The molecule has 31 heavy (non-hydrogen) atoms. The number of nitrogens with one attached hydrogen (secondary N) is 3. The van der Waals surface area contributed by atoms with Gasteiger partial charge in [0.25, 0.3) is 5.91 Å². The molecule has 1 atom stereocenters. The zero-order valence-electron chi connectivity index (χ0n) is 17.1. The Morgan fingerprint density at radius 3 is 2.87 bits per heavy atom. The molecule has 0 fully saturated rings. The van der Waals surface area contributed by atoms with Gasteiger partial charge in [-0.1, -0.05) is 6.07 Å². The molecule has 5 aromatic rings. The lowest BCUT2D eigenvalue weighted by atomic mass is 10.1. The summed E-state index contributed by atoms with van der Waals surface area (Å²) in [5, 5.41) is 7.68. The Hall–Kier alpha value is -3.71. The molecule has 5 rings (SSSR count). The van der Waals surface area contributed by atoms with Crippen molar-refractivity contribution in [3.63, 3.8) is 0 Å². The first-order chi connectivity index (χ1) is 15.1. The molecule has 4 heterocycles. The molecule has 1 aromatic carbocycles. The molecule has 0 aliphatic rings. The fraction of sp³-hybridized carbons (Fsp3) is 0.125. The Kier molecular flexibility index (Phi) is 4.88. The van der Waals surface area contributed by atoms with Gasteiger partial charge in [-0.25, -0.2) is 0 Å². The number of hydrogen-bond acceptors (Lipinski definition) is 5. The average Bonchev–Trinajstić information content (AvgIpc) is 3.37. The van der Waals surface area contributed by atoms with Gasteiger partial charge in [-0.3, -0.25) is 14.8 Å². The number of aryl methyl sites for hydroxylation is 1. The average molecular weight is 428 g/mol. The van der Waals surface area contributed by atoms with Gasteiger partial charge < -0.3 is 15.6 Å². The van der Waals surface area contributed by atoms with Crippen LogP contribution >= 0.6 is 11.3 Å². The Labute approximate surface area is 183 Å². The van der Waals surface area contributed by atoms with Gasteiger partial charge >= 0.3 is 0 Å². The van der Waals surface area contributed by atoms with Crippen LogP contribution in [0.2, 0.25) is 0 Å². The Bertz CT molecular complexity index is 1390. The van der Waals surface area contributed by atoms with E-state index in [4.69, 9.17) is 0 Å². The molecule has 0 bridgehead atoms. The minimum Gasteiger partial charge on any atom is -0.359 e. The highest BCUT2D eigenvalue weighted by Crippen LogP contribution is 2.33. The fourth-order valence-corrected chi connectivity index (χ4v) is 4.63. The van der Waals surface area contributed by atoms with Crippen LogP contribution in [-0.2, 0) is 0 Å². The minimum absolute atomic E-state index is 0.116. The number of carbonyl (C=O) groups is 1. The lowest BCUT2D eigenvalue weighted by Gasteiger charge is -2.12. The summed E-state index contributed by atoms with van der Waals surface area (Å²) in [6.07, 6.45) is 5.25. The molecule has 4 aromatic heterocycles. The van der Waals surface area contributed by atoms with Gasteiger partial charge in [-0.15, -0.1) is 11.3 Å². The number of hydrogen-bond donors (Lipinski definition) is 3. The van der Waals surface area contributed by atoms with Crippen LogP contribution in [0.3, 0.4) is 0 Å². The van der Waals surface area contributed by atoms with Crippen molar-refractivity contribution in [2.75, 3.05) is 5.32 Å². The molecular formula is C24H21N5OS. The second-order valence-electron chi connectivity index (χ2n) is 7.54. The largest absolute Gasteiger partial charge is 0.359 e. The number of thiophene rings is 1. The number of rotatable bonds is 5. The van der Waals surface area contributed by atoms with E-state index < -0.39 is 0 Å². The van der Waals surface area contributed by atoms with Crippen molar-refractivity contribution in [2.45, 2.75) is 19.9 Å². The van der Waals surface area contributed by atoms with Crippen LogP contribution in [0.25, 0.3) is 21.1 Å². The van der Waals surface area contributed by atoms with Gasteiger partial charge in [0.05, 0.1) is 26.8 Å². The highest BCUT2D eigenvalue weighted by Gasteiger charge is 2.16. The van der Waals surface area contributed by atoms with Gasteiger partial charge in [0.15, 0.2) is 0 Å². The van der Waals surface area contributed by atoms with Crippen LogP contribution in [0, 0.1) is 6.92 Å². The van der Waals surface area contributed by atoms with Crippen molar-refractivity contribution in [1.29, 1.82) is 0 Å². The van der Waals surface area contributed by atoms with Crippen molar-refractivity contribution in [3.05, 3.63) is 83.3 Å². The van der Waals surface area contributed by atoms with Crippen molar-refractivity contribution in [2.24, 2.45) is 0 Å². The van der Waals surface area contributed by atoms with E-state index in [-0.39, 0.29) is 11.9 Å². The second-order valence-corrected chi connectivity index (χ2v) is 8.60. The summed E-state index contributed by atoms with van der Waals surface area (Å²) in [5.41, 5.74) is 5.93. The third-order valence-electron chi connectivity index (χ3n) is 5.20. The SMILES string of the molecule is Cc1cc2cc(Nc3ccnc4cc(C(=O)NC(C)c5cccnc5)sc34)ccc2[nH]1. The van der Waals surface area contributed by atoms with Gasteiger partial charge in [0.1, 0.15) is 0 Å². The summed E-state index contributed by atoms with van der Waals surface area (Å²) in [7, 11) is 0. The normalized spacial score (nSPS) is 12.2. The van der Waals surface area contributed by atoms with E-state index in [1.807, 2.05) is 44.2 Å². The number of nitrogens with zero attached hydrogens (tertiary/aromatic N) is 2. The van der Waals surface area contributed by atoms with Crippen molar-refractivity contribution in [1.82, 2.24) is 20.3 Å². The number of amides is 1. The number of fused-ring (bicyclic) bond motifs is 2. The summed E-state index contributed by atoms with van der Waals surface area (Å²) in [5.74, 6) is -0.116. The molecule has 154 valence electrons. The second kappa shape index (κ2) is 7.85. The molecule has 0 radical (unpaired) electrons. The first kappa shape index (κ1) is 19.3. The summed E-state index contributed by atoms with van der Waals surface area (Å²) in [6, 6.07) is 15.8. The maximum absolute atomic E-state index is 12.8. The summed E-state index contributed by atoms with van der Waals surface area (Å²) < 4.78 is 0.951. The topological polar surface area (TPSA) is 82.7 Å². The number of anilines is 2. The van der Waals surface area contributed by atoms with E-state index in [2.05, 4.69) is 43.8 Å². The van der Waals surface area contributed by atoms with Crippen molar-refractivity contribution < 1.29 is 4.79 Å². The number of pyridine rings is 2. The molecule has 0 aliphatic heterocycles. The zero-order valence-corrected chi connectivity index (χ0v) is 18.0. The lowest BCUT2D eigenvalue weighted by molar-refractivity contribution is 0.0944. The van der Waals surface area contributed by atoms with E-state index >= 15 is 0 Å². The van der Waals surface area contributed by atoms with Crippen molar-refractivity contribution in [3.8, 4) is 0 Å². The van der Waals surface area contributed by atoms with Crippen LogP contribution in [0.4, 0.5) is 11.4 Å². The van der Waals surface area contributed by atoms with Crippen LogP contribution in [0.15, 0.2) is 67.1 Å². The van der Waals surface area contributed by atoms with Crippen LogP contribution in [0.1, 0.15) is 33.9 Å². The van der Waals surface area contributed by atoms with Gasteiger partial charge in [0.2, 0.25) is 0 Å². The Morgan fingerprint density at radius 1 is 1.13 bits per heavy atom. The molecule has 0 saturated heterocycles. The summed E-state index contributed by atoms with van der Waals surface area (Å²) in [6.45, 7) is 4.00. The van der Waals surface area contributed by atoms with Gasteiger partial charge in [-0.2, -0.15) is 0 Å². The molecule has 6 nitrogen and oxygen atoms in total.